The first-order chi connectivity index (χ1) is 10.1. The molecular weight excluding hydrogens is 286 g/mol. The Hall–Kier alpha value is -1.66. The van der Waals surface area contributed by atoms with Crippen LogP contribution in [-0.2, 0) is 16.4 Å². The highest BCUT2D eigenvalue weighted by Gasteiger charge is 2.35. The molecule has 1 atom stereocenters. The van der Waals surface area contributed by atoms with E-state index >= 15 is 0 Å². The van der Waals surface area contributed by atoms with E-state index in [0.29, 0.717) is 18.2 Å². The van der Waals surface area contributed by atoms with E-state index in [2.05, 4.69) is 14.7 Å². The van der Waals surface area contributed by atoms with Gasteiger partial charge >= 0.3 is 0 Å². The summed E-state index contributed by atoms with van der Waals surface area (Å²) in [6.45, 7) is 1.93. The van der Waals surface area contributed by atoms with Crippen LogP contribution in [0.3, 0.4) is 0 Å². The molecule has 0 saturated heterocycles. The van der Waals surface area contributed by atoms with Gasteiger partial charge in [-0.2, -0.15) is 0 Å². The van der Waals surface area contributed by atoms with Crippen LogP contribution in [0.1, 0.15) is 37.2 Å². The second-order valence-corrected chi connectivity index (χ2v) is 7.08. The molecule has 0 bridgehead atoms. The normalized spacial score (nSPS) is 16.8. The van der Waals surface area contributed by atoms with Gasteiger partial charge in [-0.3, -0.25) is 0 Å². The lowest BCUT2D eigenvalue weighted by atomic mass is 10.0. The van der Waals surface area contributed by atoms with Crippen molar-refractivity contribution in [3.05, 3.63) is 47.9 Å². The van der Waals surface area contributed by atoms with Crippen molar-refractivity contribution in [2.45, 2.75) is 37.3 Å². The molecule has 1 aliphatic carbocycles. The predicted molar refractivity (Wildman–Crippen MR) is 80.2 cm³/mol. The van der Waals surface area contributed by atoms with Crippen LogP contribution in [0.4, 0.5) is 0 Å². The van der Waals surface area contributed by atoms with Gasteiger partial charge in [-0.15, -0.1) is 0 Å². The fourth-order valence-corrected chi connectivity index (χ4v) is 3.65. The molecule has 21 heavy (non-hydrogen) atoms. The molecule has 3 rings (SSSR count). The molecule has 112 valence electrons. The van der Waals surface area contributed by atoms with Gasteiger partial charge in [0.1, 0.15) is 5.82 Å². The van der Waals surface area contributed by atoms with Crippen molar-refractivity contribution in [2.24, 2.45) is 5.92 Å². The van der Waals surface area contributed by atoms with Gasteiger partial charge in [-0.05, 0) is 24.3 Å². The maximum absolute atomic E-state index is 12.5. The van der Waals surface area contributed by atoms with Crippen LogP contribution in [0.15, 0.2) is 41.6 Å². The van der Waals surface area contributed by atoms with Gasteiger partial charge in [-0.1, -0.05) is 37.3 Å². The number of nitrogens with zero attached hydrogens (tertiary/aromatic N) is 1. The molecule has 5 nitrogen and oxygen atoms in total. The lowest BCUT2D eigenvalue weighted by Gasteiger charge is -2.18. The lowest BCUT2D eigenvalue weighted by Crippen LogP contribution is -2.30. The van der Waals surface area contributed by atoms with E-state index in [9.17, 15) is 8.42 Å². The van der Waals surface area contributed by atoms with Crippen molar-refractivity contribution in [1.29, 1.82) is 0 Å². The number of imidazole rings is 1. The zero-order valence-corrected chi connectivity index (χ0v) is 12.7. The summed E-state index contributed by atoms with van der Waals surface area (Å²) >= 11 is 0. The first-order valence-electron chi connectivity index (χ1n) is 7.21. The quantitative estimate of drug-likeness (QED) is 0.860. The van der Waals surface area contributed by atoms with Crippen LogP contribution in [0, 0.1) is 5.92 Å². The molecule has 0 amide bonds. The van der Waals surface area contributed by atoms with Crippen molar-refractivity contribution in [3.8, 4) is 0 Å². The molecule has 1 saturated carbocycles. The number of hydrogen-bond acceptors (Lipinski definition) is 3. The number of H-pyrrole nitrogens is 1. The van der Waals surface area contributed by atoms with Gasteiger partial charge in [0.05, 0.1) is 6.20 Å². The van der Waals surface area contributed by atoms with E-state index in [0.717, 1.165) is 18.4 Å². The fourth-order valence-electron chi connectivity index (χ4n) is 2.42. The van der Waals surface area contributed by atoms with Crippen LogP contribution < -0.4 is 4.72 Å². The Balaban J connectivity index is 1.85. The third kappa shape index (κ3) is 3.16. The molecule has 1 unspecified atom stereocenters. The maximum atomic E-state index is 12.5. The SMILES string of the molecule is CCc1ncc(S(=O)(=O)NC(c2ccccc2)C2CC2)[nH]1. The topological polar surface area (TPSA) is 74.8 Å². The summed E-state index contributed by atoms with van der Waals surface area (Å²) in [7, 11) is -3.57. The van der Waals surface area contributed by atoms with E-state index in [-0.39, 0.29) is 11.1 Å². The summed E-state index contributed by atoms with van der Waals surface area (Å²) in [6.07, 6.45) is 4.19. The third-order valence-electron chi connectivity index (χ3n) is 3.76. The zero-order chi connectivity index (χ0) is 14.9. The van der Waals surface area contributed by atoms with Gasteiger partial charge in [0.2, 0.25) is 0 Å². The van der Waals surface area contributed by atoms with Crippen molar-refractivity contribution >= 4 is 10.0 Å². The maximum Gasteiger partial charge on any atom is 0.258 e. The van der Waals surface area contributed by atoms with Crippen LogP contribution in [0.5, 0.6) is 0 Å². The Bertz CT molecular complexity index is 706. The third-order valence-corrected chi connectivity index (χ3v) is 5.11. The highest BCUT2D eigenvalue weighted by molar-refractivity contribution is 7.89. The first-order valence-corrected chi connectivity index (χ1v) is 8.69. The Morgan fingerprint density at radius 2 is 2.05 bits per heavy atom. The molecule has 1 aliphatic rings. The highest BCUT2D eigenvalue weighted by atomic mass is 32.2. The standard InChI is InChI=1S/C15H19N3O2S/c1-2-13-16-10-14(17-13)21(19,20)18-15(12-8-9-12)11-6-4-3-5-7-11/h3-7,10,12,15,18H,2,8-9H2,1H3,(H,16,17). The number of benzene rings is 1. The Kier molecular flexibility index (Phi) is 3.82. The van der Waals surface area contributed by atoms with E-state index < -0.39 is 10.0 Å². The minimum Gasteiger partial charge on any atom is -0.332 e. The van der Waals surface area contributed by atoms with Crippen LogP contribution >= 0.6 is 0 Å². The van der Waals surface area contributed by atoms with Gasteiger partial charge in [-0.25, -0.2) is 18.1 Å². The summed E-state index contributed by atoms with van der Waals surface area (Å²) in [5, 5.41) is 0.140. The molecule has 1 fully saturated rings. The summed E-state index contributed by atoms with van der Waals surface area (Å²) in [5.74, 6) is 1.06. The summed E-state index contributed by atoms with van der Waals surface area (Å²) in [4.78, 5) is 6.92. The van der Waals surface area contributed by atoms with Gasteiger partial charge in [0.15, 0.2) is 5.03 Å². The van der Waals surface area contributed by atoms with Gasteiger partial charge < -0.3 is 4.98 Å². The Labute approximate surface area is 124 Å². The number of aromatic nitrogens is 2. The van der Waals surface area contributed by atoms with Crippen LogP contribution in [0.2, 0.25) is 0 Å². The molecule has 0 aliphatic heterocycles. The summed E-state index contributed by atoms with van der Waals surface area (Å²) in [6, 6.07) is 9.58. The number of hydrogen-bond donors (Lipinski definition) is 2. The van der Waals surface area contributed by atoms with Crippen molar-refractivity contribution in [2.75, 3.05) is 0 Å². The molecular formula is C15H19N3O2S. The Morgan fingerprint density at radius 1 is 1.33 bits per heavy atom. The minimum atomic E-state index is -3.57. The van der Waals surface area contributed by atoms with E-state index in [1.54, 1.807) is 0 Å². The van der Waals surface area contributed by atoms with Crippen molar-refractivity contribution in [3.63, 3.8) is 0 Å². The van der Waals surface area contributed by atoms with E-state index in [4.69, 9.17) is 0 Å². The molecule has 1 aromatic heterocycles. The number of aryl methyl sites for hydroxylation is 1. The van der Waals surface area contributed by atoms with E-state index in [1.807, 2.05) is 37.3 Å². The van der Waals surface area contributed by atoms with Gasteiger partial charge in [0.25, 0.3) is 10.0 Å². The molecule has 2 aromatic rings. The number of sulfonamides is 1. The van der Waals surface area contributed by atoms with Crippen molar-refractivity contribution in [1.82, 2.24) is 14.7 Å². The predicted octanol–water partition coefficient (Wildman–Crippen LogP) is 2.40. The summed E-state index contributed by atoms with van der Waals surface area (Å²) in [5.41, 5.74) is 1.01. The molecule has 1 aromatic carbocycles. The second-order valence-electron chi connectivity index (χ2n) is 5.39. The largest absolute Gasteiger partial charge is 0.332 e. The first kappa shape index (κ1) is 14.3. The minimum absolute atomic E-state index is 0.140. The molecule has 0 spiro atoms. The second kappa shape index (κ2) is 5.61. The lowest BCUT2D eigenvalue weighted by molar-refractivity contribution is 0.526. The molecule has 1 heterocycles. The molecule has 2 N–H and O–H groups in total. The number of rotatable bonds is 6. The summed E-state index contributed by atoms with van der Waals surface area (Å²) < 4.78 is 27.8. The molecule has 6 heteroatoms. The number of aromatic amines is 1. The number of nitrogens with one attached hydrogen (secondary N) is 2. The van der Waals surface area contributed by atoms with E-state index in [1.165, 1.54) is 6.20 Å². The van der Waals surface area contributed by atoms with Crippen molar-refractivity contribution < 1.29 is 8.42 Å². The zero-order valence-electron chi connectivity index (χ0n) is 11.9. The molecule has 0 radical (unpaired) electrons. The fraction of sp³-hybridized carbons (Fsp3) is 0.400. The average molecular weight is 305 g/mol. The van der Waals surface area contributed by atoms with Gasteiger partial charge in [0, 0.05) is 12.5 Å². The monoisotopic (exact) mass is 305 g/mol. The Morgan fingerprint density at radius 3 is 2.62 bits per heavy atom. The van der Waals surface area contributed by atoms with Crippen LogP contribution in [-0.4, -0.2) is 18.4 Å². The highest BCUT2D eigenvalue weighted by Crippen LogP contribution is 2.41. The smallest absolute Gasteiger partial charge is 0.258 e. The van der Waals surface area contributed by atoms with Crippen LogP contribution in [0.25, 0.3) is 0 Å². The average Bonchev–Trinajstić information content (AvgIpc) is 3.21.